The maximum Gasteiger partial charge on any atom is 0.264 e. The predicted molar refractivity (Wildman–Crippen MR) is 153 cm³/mol. The summed E-state index contributed by atoms with van der Waals surface area (Å²) in [7, 11) is -4.22. The van der Waals surface area contributed by atoms with Gasteiger partial charge in [-0.15, -0.1) is 0 Å². The standard InChI is InChI=1S/C30H34FN3O6S/c1-21(2)18-32-30(36)22(3)33(19-23-9-11-24(31)12-10-23)29(35)20-34(41(37,38)26-7-5-4-6-8-26)25-13-14-27-28(17-25)40-16-15-39-27/h4-14,17,21-22H,15-16,18-20H2,1-3H3,(H,32,36)/t22-/m1/s1. The number of carbonyl (C=O) groups excluding carboxylic acids is 2. The molecule has 0 fully saturated rings. The van der Waals surface area contributed by atoms with Gasteiger partial charge in [0, 0.05) is 19.2 Å². The fourth-order valence-electron chi connectivity index (χ4n) is 4.26. The molecule has 3 aromatic carbocycles. The number of fused-ring (bicyclic) bond motifs is 1. The molecule has 3 aromatic rings. The van der Waals surface area contributed by atoms with Gasteiger partial charge in [-0.2, -0.15) is 0 Å². The highest BCUT2D eigenvalue weighted by Crippen LogP contribution is 2.36. The molecule has 41 heavy (non-hydrogen) atoms. The third-order valence-corrected chi connectivity index (χ3v) is 8.33. The Bertz CT molecular complexity index is 1470. The van der Waals surface area contributed by atoms with Crippen LogP contribution in [-0.2, 0) is 26.2 Å². The topological polar surface area (TPSA) is 105 Å². The highest BCUT2D eigenvalue weighted by atomic mass is 32.2. The van der Waals surface area contributed by atoms with Crippen molar-refractivity contribution in [2.75, 3.05) is 30.6 Å². The minimum atomic E-state index is -4.22. The first-order valence-electron chi connectivity index (χ1n) is 13.4. The van der Waals surface area contributed by atoms with Gasteiger partial charge in [0.05, 0.1) is 10.6 Å². The largest absolute Gasteiger partial charge is 0.486 e. The second-order valence-electron chi connectivity index (χ2n) is 10.1. The molecule has 1 N–H and O–H groups in total. The zero-order valence-corrected chi connectivity index (χ0v) is 24.1. The van der Waals surface area contributed by atoms with Gasteiger partial charge in [-0.05, 0) is 54.8 Å². The number of benzene rings is 3. The molecule has 9 nitrogen and oxygen atoms in total. The molecule has 2 amide bonds. The first-order valence-corrected chi connectivity index (χ1v) is 14.8. The Morgan fingerprint density at radius 3 is 2.24 bits per heavy atom. The molecule has 11 heteroatoms. The lowest BCUT2D eigenvalue weighted by Gasteiger charge is -2.32. The zero-order valence-electron chi connectivity index (χ0n) is 23.2. The van der Waals surface area contributed by atoms with Gasteiger partial charge >= 0.3 is 0 Å². The van der Waals surface area contributed by atoms with E-state index in [2.05, 4.69) is 5.32 Å². The minimum Gasteiger partial charge on any atom is -0.486 e. The molecule has 4 rings (SSSR count). The fourth-order valence-corrected chi connectivity index (χ4v) is 5.68. The van der Waals surface area contributed by atoms with Crippen LogP contribution in [0.3, 0.4) is 0 Å². The second kappa shape index (κ2) is 13.0. The molecule has 0 aromatic heterocycles. The van der Waals surface area contributed by atoms with Crippen LogP contribution < -0.4 is 19.1 Å². The summed E-state index contributed by atoms with van der Waals surface area (Å²) >= 11 is 0. The summed E-state index contributed by atoms with van der Waals surface area (Å²) in [5.74, 6) is -0.417. The van der Waals surface area contributed by atoms with Crippen molar-refractivity contribution in [3.8, 4) is 11.5 Å². The number of hydrogen-bond donors (Lipinski definition) is 1. The van der Waals surface area contributed by atoms with Gasteiger partial charge in [0.15, 0.2) is 11.5 Å². The summed E-state index contributed by atoms with van der Waals surface area (Å²) in [6.07, 6.45) is 0. The number of halogens is 1. The highest BCUT2D eigenvalue weighted by molar-refractivity contribution is 7.92. The van der Waals surface area contributed by atoms with Crippen molar-refractivity contribution in [2.45, 2.75) is 38.3 Å². The fraction of sp³-hybridized carbons (Fsp3) is 0.333. The maximum absolute atomic E-state index is 14.0. The van der Waals surface area contributed by atoms with Crippen LogP contribution in [0.2, 0.25) is 0 Å². The Labute approximate surface area is 239 Å². The predicted octanol–water partition coefficient (Wildman–Crippen LogP) is 3.98. The molecule has 218 valence electrons. The summed E-state index contributed by atoms with van der Waals surface area (Å²) < 4.78 is 53.6. The Balaban J connectivity index is 1.71. The van der Waals surface area contributed by atoms with Crippen LogP contribution in [-0.4, -0.2) is 57.5 Å². The van der Waals surface area contributed by atoms with E-state index in [9.17, 15) is 22.4 Å². The third kappa shape index (κ3) is 7.35. The zero-order chi connectivity index (χ0) is 29.6. The molecule has 0 unspecified atom stereocenters. The molecule has 0 bridgehead atoms. The molecular formula is C30H34FN3O6S. The molecule has 0 spiro atoms. The Morgan fingerprint density at radius 1 is 0.927 bits per heavy atom. The van der Waals surface area contributed by atoms with Gasteiger partial charge in [-0.3, -0.25) is 13.9 Å². The van der Waals surface area contributed by atoms with Gasteiger partial charge in [0.1, 0.15) is 31.6 Å². The Kier molecular flexibility index (Phi) is 9.49. The number of hydrogen-bond acceptors (Lipinski definition) is 6. The number of ether oxygens (including phenoxy) is 2. The Hall–Kier alpha value is -4.12. The molecule has 1 heterocycles. The summed E-state index contributed by atoms with van der Waals surface area (Å²) in [6, 6.07) is 17.1. The molecule has 1 aliphatic rings. The van der Waals surface area contributed by atoms with E-state index in [0.29, 0.717) is 36.8 Å². The van der Waals surface area contributed by atoms with E-state index in [4.69, 9.17) is 9.47 Å². The summed E-state index contributed by atoms with van der Waals surface area (Å²) in [4.78, 5) is 28.3. The van der Waals surface area contributed by atoms with E-state index in [0.717, 1.165) is 4.31 Å². The number of anilines is 1. The molecule has 0 aliphatic carbocycles. The molecule has 1 atom stereocenters. The first-order chi connectivity index (χ1) is 19.6. The van der Waals surface area contributed by atoms with Crippen LogP contribution in [0.15, 0.2) is 77.7 Å². The summed E-state index contributed by atoms with van der Waals surface area (Å²) in [6.45, 7) is 5.93. The summed E-state index contributed by atoms with van der Waals surface area (Å²) in [5, 5.41) is 2.83. The van der Waals surface area contributed by atoms with E-state index in [1.165, 1.54) is 47.4 Å². The lowest BCUT2D eigenvalue weighted by Crippen LogP contribution is -2.51. The molecule has 0 saturated heterocycles. The van der Waals surface area contributed by atoms with Gasteiger partial charge in [0.2, 0.25) is 11.8 Å². The van der Waals surface area contributed by atoms with Crippen LogP contribution in [0.1, 0.15) is 26.3 Å². The average molecular weight is 584 g/mol. The smallest absolute Gasteiger partial charge is 0.264 e. The van der Waals surface area contributed by atoms with Crippen molar-refractivity contribution >= 4 is 27.5 Å². The monoisotopic (exact) mass is 583 g/mol. The second-order valence-corrected chi connectivity index (χ2v) is 12.0. The quantitative estimate of drug-likeness (QED) is 0.366. The van der Waals surface area contributed by atoms with E-state index in [1.54, 1.807) is 37.3 Å². The van der Waals surface area contributed by atoms with Gasteiger partial charge in [-0.1, -0.05) is 44.2 Å². The Morgan fingerprint density at radius 2 is 1.59 bits per heavy atom. The van der Waals surface area contributed by atoms with E-state index < -0.39 is 34.3 Å². The molecule has 0 saturated carbocycles. The number of nitrogens with zero attached hydrogens (tertiary/aromatic N) is 2. The van der Waals surface area contributed by atoms with Crippen LogP contribution in [0, 0.1) is 11.7 Å². The number of carbonyl (C=O) groups is 2. The van der Waals surface area contributed by atoms with Crippen molar-refractivity contribution in [2.24, 2.45) is 5.92 Å². The van der Waals surface area contributed by atoms with Gasteiger partial charge in [0.25, 0.3) is 10.0 Å². The van der Waals surface area contributed by atoms with E-state index >= 15 is 0 Å². The normalized spacial score (nSPS) is 13.4. The number of rotatable bonds is 11. The van der Waals surface area contributed by atoms with Crippen LogP contribution in [0.25, 0.3) is 0 Å². The lowest BCUT2D eigenvalue weighted by molar-refractivity contribution is -0.139. The van der Waals surface area contributed by atoms with Crippen LogP contribution >= 0.6 is 0 Å². The van der Waals surface area contributed by atoms with E-state index in [-0.39, 0.29) is 29.0 Å². The summed E-state index contributed by atoms with van der Waals surface area (Å²) in [5.41, 5.74) is 0.783. The average Bonchev–Trinajstić information content (AvgIpc) is 2.98. The lowest BCUT2D eigenvalue weighted by atomic mass is 10.1. The van der Waals surface area contributed by atoms with Crippen molar-refractivity contribution in [3.63, 3.8) is 0 Å². The van der Waals surface area contributed by atoms with Crippen LogP contribution in [0.4, 0.5) is 10.1 Å². The number of sulfonamides is 1. The minimum absolute atomic E-state index is 0.00417. The van der Waals surface area contributed by atoms with Gasteiger partial charge < -0.3 is 19.7 Å². The molecule has 1 aliphatic heterocycles. The highest BCUT2D eigenvalue weighted by Gasteiger charge is 2.33. The van der Waals surface area contributed by atoms with Crippen LogP contribution in [0.5, 0.6) is 11.5 Å². The van der Waals surface area contributed by atoms with Crippen molar-refractivity contribution < 1.29 is 31.9 Å². The SMILES string of the molecule is CC(C)CNC(=O)[C@@H](C)N(Cc1ccc(F)cc1)C(=O)CN(c1ccc2c(c1)OCCO2)S(=O)(=O)c1ccccc1. The van der Waals surface area contributed by atoms with Crippen molar-refractivity contribution in [3.05, 3.63) is 84.2 Å². The first kappa shape index (κ1) is 29.9. The van der Waals surface area contributed by atoms with Crippen molar-refractivity contribution in [1.29, 1.82) is 0 Å². The molecular weight excluding hydrogens is 549 g/mol. The van der Waals surface area contributed by atoms with E-state index in [1.807, 2.05) is 13.8 Å². The van der Waals surface area contributed by atoms with Gasteiger partial charge in [-0.25, -0.2) is 12.8 Å². The third-order valence-electron chi connectivity index (χ3n) is 6.54. The molecule has 0 radical (unpaired) electrons. The maximum atomic E-state index is 14.0. The number of nitrogens with one attached hydrogen (secondary N) is 1. The van der Waals surface area contributed by atoms with Crippen molar-refractivity contribution in [1.82, 2.24) is 10.2 Å². The number of amides is 2.